The second-order valence-corrected chi connectivity index (χ2v) is 6.85. The monoisotopic (exact) mass is 430 g/mol. The maximum absolute atomic E-state index is 12.7. The average molecular weight is 431 g/mol. The molecule has 3 rings (SSSR count). The molecule has 2 aromatic carbocycles. The molecule has 0 unspecified atom stereocenters. The summed E-state index contributed by atoms with van der Waals surface area (Å²) in [7, 11) is 0. The van der Waals surface area contributed by atoms with Crippen LogP contribution in [0.25, 0.3) is 11.0 Å². The van der Waals surface area contributed by atoms with Crippen molar-refractivity contribution in [1.82, 2.24) is 20.0 Å². The minimum absolute atomic E-state index is 0.188. The Labute approximate surface area is 164 Å². The van der Waals surface area contributed by atoms with Crippen LogP contribution in [0, 0.1) is 0 Å². The number of fused-ring (bicyclic) bond motifs is 1. The molecule has 3 aromatic rings. The zero-order valence-electron chi connectivity index (χ0n) is 14.7. The van der Waals surface area contributed by atoms with Gasteiger partial charge in [0.05, 0.1) is 16.6 Å². The fourth-order valence-electron chi connectivity index (χ4n) is 2.89. The highest BCUT2D eigenvalue weighted by Crippen LogP contribution is 2.15. The molecule has 0 aliphatic carbocycles. The summed E-state index contributed by atoms with van der Waals surface area (Å²) >= 11 is 3.29. The van der Waals surface area contributed by atoms with Crippen LogP contribution in [-0.2, 0) is 17.9 Å². The number of nitrogens with zero attached hydrogens (tertiary/aromatic N) is 2. The van der Waals surface area contributed by atoms with Crippen LogP contribution < -0.4 is 16.5 Å². The third-order valence-corrected chi connectivity index (χ3v) is 4.80. The fraction of sp³-hybridized carbons (Fsp3) is 0.211. The molecule has 0 spiro atoms. The quantitative estimate of drug-likeness (QED) is 0.609. The summed E-state index contributed by atoms with van der Waals surface area (Å²) in [5.74, 6) is -0.937. The molecule has 0 atom stereocenters. The molecule has 0 fully saturated rings. The normalized spacial score (nSPS) is 10.7. The van der Waals surface area contributed by atoms with Crippen LogP contribution >= 0.6 is 15.9 Å². The molecule has 27 heavy (non-hydrogen) atoms. The molecule has 0 radical (unpaired) electrons. The molecule has 1 aromatic heterocycles. The molecule has 0 saturated carbocycles. The van der Waals surface area contributed by atoms with Crippen molar-refractivity contribution in [2.45, 2.75) is 26.4 Å². The predicted octanol–water partition coefficient (Wildman–Crippen LogP) is 2.44. The lowest BCUT2D eigenvalue weighted by atomic mass is 10.2. The first-order chi connectivity index (χ1) is 13.0. The molecule has 0 saturated heterocycles. The molecule has 0 aliphatic heterocycles. The van der Waals surface area contributed by atoms with Gasteiger partial charge in [-0.05, 0) is 46.6 Å². The van der Waals surface area contributed by atoms with E-state index in [9.17, 15) is 14.4 Å². The van der Waals surface area contributed by atoms with Gasteiger partial charge in [-0.15, -0.1) is 0 Å². The van der Waals surface area contributed by atoms with E-state index in [2.05, 4.69) is 26.8 Å². The van der Waals surface area contributed by atoms with Crippen molar-refractivity contribution < 1.29 is 9.59 Å². The van der Waals surface area contributed by atoms with Gasteiger partial charge < -0.3 is 0 Å². The Morgan fingerprint density at radius 1 is 0.963 bits per heavy atom. The lowest BCUT2D eigenvalue weighted by Crippen LogP contribution is -2.44. The minimum atomic E-state index is -0.489. The molecule has 140 valence electrons. The summed E-state index contributed by atoms with van der Waals surface area (Å²) in [5.41, 5.74) is 6.35. The lowest BCUT2D eigenvalue weighted by molar-refractivity contribution is -0.122. The van der Waals surface area contributed by atoms with E-state index in [1.54, 1.807) is 34.9 Å². The van der Waals surface area contributed by atoms with Gasteiger partial charge in [0.25, 0.3) is 11.8 Å². The third-order valence-electron chi connectivity index (χ3n) is 4.11. The number of carbonyl (C=O) groups excluding carboxylic acids is 2. The second-order valence-electron chi connectivity index (χ2n) is 5.99. The summed E-state index contributed by atoms with van der Waals surface area (Å²) in [6.45, 7) is 2.38. The van der Waals surface area contributed by atoms with E-state index in [1.165, 1.54) is 4.57 Å². The summed E-state index contributed by atoms with van der Waals surface area (Å²) in [6.07, 6.45) is 0.808. The fourth-order valence-corrected chi connectivity index (χ4v) is 3.35. The van der Waals surface area contributed by atoms with Crippen molar-refractivity contribution in [1.29, 1.82) is 0 Å². The van der Waals surface area contributed by atoms with Crippen molar-refractivity contribution >= 4 is 38.8 Å². The SMILES string of the molecule is CCCn1c(=O)n(CC(=O)NNC(=O)c2ccccc2Br)c2ccccc21. The van der Waals surface area contributed by atoms with Gasteiger partial charge in [0, 0.05) is 11.0 Å². The molecular weight excluding hydrogens is 412 g/mol. The molecule has 0 aliphatic rings. The zero-order valence-corrected chi connectivity index (χ0v) is 16.3. The number of aryl methyl sites for hydroxylation is 1. The largest absolute Gasteiger partial charge is 0.329 e. The van der Waals surface area contributed by atoms with Gasteiger partial charge >= 0.3 is 5.69 Å². The number of hydrogen-bond acceptors (Lipinski definition) is 3. The van der Waals surface area contributed by atoms with Gasteiger partial charge in [0.1, 0.15) is 6.54 Å². The van der Waals surface area contributed by atoms with Crippen molar-refractivity contribution in [2.75, 3.05) is 0 Å². The number of amides is 2. The number of hydrazine groups is 1. The number of carbonyl (C=O) groups is 2. The zero-order chi connectivity index (χ0) is 19.4. The van der Waals surface area contributed by atoms with Crippen LogP contribution in [-0.4, -0.2) is 20.9 Å². The van der Waals surface area contributed by atoms with Crippen molar-refractivity contribution in [3.63, 3.8) is 0 Å². The number of imidazole rings is 1. The summed E-state index contributed by atoms with van der Waals surface area (Å²) in [6, 6.07) is 14.2. The van der Waals surface area contributed by atoms with Gasteiger partial charge in [-0.2, -0.15) is 0 Å². The lowest BCUT2D eigenvalue weighted by Gasteiger charge is -2.09. The molecule has 2 N–H and O–H groups in total. The van der Waals surface area contributed by atoms with E-state index in [4.69, 9.17) is 0 Å². The molecular formula is C19H19BrN4O3. The van der Waals surface area contributed by atoms with Crippen LogP contribution in [0.5, 0.6) is 0 Å². The maximum atomic E-state index is 12.7. The van der Waals surface area contributed by atoms with Crippen molar-refractivity contribution in [2.24, 2.45) is 0 Å². The standard InChI is InChI=1S/C19H19BrN4O3/c1-2-11-23-15-9-5-6-10-16(15)24(19(23)27)12-17(25)21-22-18(26)13-7-3-4-8-14(13)20/h3-10H,2,11-12H2,1H3,(H,21,25)(H,22,26). The minimum Gasteiger partial charge on any atom is -0.292 e. The Bertz CT molecular complexity index is 1050. The van der Waals surface area contributed by atoms with Crippen LogP contribution in [0.4, 0.5) is 0 Å². The van der Waals surface area contributed by atoms with Crippen molar-refractivity contribution in [3.8, 4) is 0 Å². The molecule has 2 amide bonds. The summed E-state index contributed by atoms with van der Waals surface area (Å²) in [4.78, 5) is 37.1. The Morgan fingerprint density at radius 3 is 2.26 bits per heavy atom. The highest BCUT2D eigenvalue weighted by molar-refractivity contribution is 9.10. The number of rotatable bonds is 5. The second kappa shape index (κ2) is 8.22. The summed E-state index contributed by atoms with van der Waals surface area (Å²) < 4.78 is 3.68. The maximum Gasteiger partial charge on any atom is 0.329 e. The van der Waals surface area contributed by atoms with Crippen LogP contribution in [0.15, 0.2) is 57.8 Å². The Balaban J connectivity index is 1.75. The smallest absolute Gasteiger partial charge is 0.292 e. The third kappa shape index (κ3) is 3.95. The average Bonchev–Trinajstić information content (AvgIpc) is 2.93. The Hall–Kier alpha value is -2.87. The van der Waals surface area contributed by atoms with E-state index < -0.39 is 11.8 Å². The Morgan fingerprint density at radius 2 is 1.59 bits per heavy atom. The number of aromatic nitrogens is 2. The number of nitrogens with one attached hydrogen (secondary N) is 2. The van der Waals surface area contributed by atoms with Crippen LogP contribution in [0.3, 0.4) is 0 Å². The van der Waals surface area contributed by atoms with E-state index in [1.807, 2.05) is 25.1 Å². The number of benzene rings is 2. The van der Waals surface area contributed by atoms with E-state index >= 15 is 0 Å². The molecule has 0 bridgehead atoms. The number of halogens is 1. The highest BCUT2D eigenvalue weighted by Gasteiger charge is 2.16. The molecule has 7 nitrogen and oxygen atoms in total. The Kier molecular flexibility index (Phi) is 5.75. The number of hydrogen-bond donors (Lipinski definition) is 2. The van der Waals surface area contributed by atoms with Crippen molar-refractivity contribution in [3.05, 3.63) is 69.1 Å². The van der Waals surface area contributed by atoms with E-state index in [-0.39, 0.29) is 12.2 Å². The van der Waals surface area contributed by atoms with Gasteiger partial charge in [-0.1, -0.05) is 31.2 Å². The summed E-state index contributed by atoms with van der Waals surface area (Å²) in [5, 5.41) is 0. The van der Waals surface area contributed by atoms with E-state index in [0.29, 0.717) is 22.1 Å². The van der Waals surface area contributed by atoms with Crippen LogP contribution in [0.1, 0.15) is 23.7 Å². The predicted molar refractivity (Wildman–Crippen MR) is 106 cm³/mol. The highest BCUT2D eigenvalue weighted by atomic mass is 79.9. The van der Waals surface area contributed by atoms with E-state index in [0.717, 1.165) is 11.9 Å². The topological polar surface area (TPSA) is 85.1 Å². The van der Waals surface area contributed by atoms with Crippen LogP contribution in [0.2, 0.25) is 0 Å². The van der Waals surface area contributed by atoms with Gasteiger partial charge in [-0.25, -0.2) is 4.79 Å². The first-order valence-electron chi connectivity index (χ1n) is 8.54. The molecule has 1 heterocycles. The van der Waals surface area contributed by atoms with Gasteiger partial charge in [-0.3, -0.25) is 29.6 Å². The first-order valence-corrected chi connectivity index (χ1v) is 9.34. The first kappa shape index (κ1) is 18.9. The molecule has 8 heteroatoms. The number of para-hydroxylation sites is 2. The van der Waals surface area contributed by atoms with Gasteiger partial charge in [0.2, 0.25) is 0 Å². The van der Waals surface area contributed by atoms with Gasteiger partial charge in [0.15, 0.2) is 0 Å².